The van der Waals surface area contributed by atoms with Crippen LogP contribution < -0.4 is 5.32 Å². The molecule has 1 saturated heterocycles. The third kappa shape index (κ3) is 2.78. The maximum atomic E-state index is 12.9. The van der Waals surface area contributed by atoms with Crippen molar-refractivity contribution < 1.29 is 9.32 Å². The minimum absolute atomic E-state index is 0.0361. The summed E-state index contributed by atoms with van der Waals surface area (Å²) in [5.41, 5.74) is 2.07. The van der Waals surface area contributed by atoms with Gasteiger partial charge in [-0.15, -0.1) is 0 Å². The highest BCUT2D eigenvalue weighted by molar-refractivity contribution is 5.96. The maximum absolute atomic E-state index is 12.9. The molecule has 2 aromatic rings. The SMILES string of the molecule is CNc1cc(C2CCCN2C(=O)c2c(C)noc2C)nc(C)n1. The number of aryl methyl sites for hydroxylation is 3. The van der Waals surface area contributed by atoms with Gasteiger partial charge >= 0.3 is 0 Å². The zero-order valence-electron chi connectivity index (χ0n) is 13.9. The van der Waals surface area contributed by atoms with Crippen LogP contribution in [0.5, 0.6) is 0 Å². The van der Waals surface area contributed by atoms with Crippen LogP contribution in [0.25, 0.3) is 0 Å². The van der Waals surface area contributed by atoms with Gasteiger partial charge in [0.15, 0.2) is 0 Å². The van der Waals surface area contributed by atoms with Crippen LogP contribution in [0.3, 0.4) is 0 Å². The average molecular weight is 315 g/mol. The van der Waals surface area contributed by atoms with E-state index in [1.807, 2.05) is 24.9 Å². The van der Waals surface area contributed by atoms with Crippen LogP contribution in [-0.2, 0) is 0 Å². The van der Waals surface area contributed by atoms with E-state index in [9.17, 15) is 4.79 Å². The molecule has 122 valence electrons. The van der Waals surface area contributed by atoms with Crippen LogP contribution in [0.4, 0.5) is 5.82 Å². The fourth-order valence-electron chi connectivity index (χ4n) is 3.14. The Balaban J connectivity index is 1.94. The highest BCUT2D eigenvalue weighted by Crippen LogP contribution is 2.33. The lowest BCUT2D eigenvalue weighted by Gasteiger charge is -2.24. The van der Waals surface area contributed by atoms with Gasteiger partial charge in [0.25, 0.3) is 5.91 Å². The van der Waals surface area contributed by atoms with Gasteiger partial charge in [-0.25, -0.2) is 9.97 Å². The predicted molar refractivity (Wildman–Crippen MR) is 85.3 cm³/mol. The van der Waals surface area contributed by atoms with E-state index in [1.54, 1.807) is 13.8 Å². The van der Waals surface area contributed by atoms with Crippen molar-refractivity contribution in [3.05, 3.63) is 34.6 Å². The van der Waals surface area contributed by atoms with Gasteiger partial charge in [0.2, 0.25) is 0 Å². The van der Waals surface area contributed by atoms with Gasteiger partial charge in [-0.1, -0.05) is 5.16 Å². The lowest BCUT2D eigenvalue weighted by atomic mass is 10.1. The first kappa shape index (κ1) is 15.5. The lowest BCUT2D eigenvalue weighted by Crippen LogP contribution is -2.31. The van der Waals surface area contributed by atoms with E-state index in [-0.39, 0.29) is 11.9 Å². The first-order chi connectivity index (χ1) is 11.0. The number of nitrogens with one attached hydrogen (secondary N) is 1. The summed E-state index contributed by atoms with van der Waals surface area (Å²) < 4.78 is 5.14. The van der Waals surface area contributed by atoms with E-state index in [4.69, 9.17) is 4.52 Å². The number of hydrogen-bond donors (Lipinski definition) is 1. The van der Waals surface area contributed by atoms with Crippen LogP contribution in [0.2, 0.25) is 0 Å². The Morgan fingerprint density at radius 1 is 1.35 bits per heavy atom. The van der Waals surface area contributed by atoms with Gasteiger partial charge in [0.05, 0.1) is 17.4 Å². The van der Waals surface area contributed by atoms with Crippen molar-refractivity contribution in [2.24, 2.45) is 0 Å². The van der Waals surface area contributed by atoms with Gasteiger partial charge in [-0.2, -0.15) is 0 Å². The molecule has 1 amide bonds. The summed E-state index contributed by atoms with van der Waals surface area (Å²) in [6, 6.07) is 1.88. The van der Waals surface area contributed by atoms with Crippen molar-refractivity contribution in [1.29, 1.82) is 0 Å². The van der Waals surface area contributed by atoms with Crippen molar-refractivity contribution in [3.63, 3.8) is 0 Å². The van der Waals surface area contributed by atoms with Gasteiger partial charge in [-0.05, 0) is 33.6 Å². The Kier molecular flexibility index (Phi) is 4.02. The molecule has 1 fully saturated rings. The van der Waals surface area contributed by atoms with E-state index in [2.05, 4.69) is 20.4 Å². The molecule has 0 spiro atoms. The van der Waals surface area contributed by atoms with Gasteiger partial charge < -0.3 is 14.7 Å². The third-order valence-electron chi connectivity index (χ3n) is 4.22. The summed E-state index contributed by atoms with van der Waals surface area (Å²) in [5.74, 6) is 1.99. The third-order valence-corrected chi connectivity index (χ3v) is 4.22. The normalized spacial score (nSPS) is 17.6. The molecular formula is C16H21N5O2. The molecule has 0 aliphatic carbocycles. The highest BCUT2D eigenvalue weighted by Gasteiger charge is 2.34. The van der Waals surface area contributed by atoms with Crippen molar-refractivity contribution in [2.45, 2.75) is 39.7 Å². The molecule has 1 aliphatic rings. The molecule has 3 rings (SSSR count). The topological polar surface area (TPSA) is 84.2 Å². The molecule has 0 bridgehead atoms. The zero-order valence-corrected chi connectivity index (χ0v) is 13.9. The lowest BCUT2D eigenvalue weighted by molar-refractivity contribution is 0.0730. The number of carbonyl (C=O) groups excluding carboxylic acids is 1. The number of likely N-dealkylation sites (tertiary alicyclic amines) is 1. The molecular weight excluding hydrogens is 294 g/mol. The second-order valence-electron chi connectivity index (χ2n) is 5.83. The number of rotatable bonds is 3. The van der Waals surface area contributed by atoms with E-state index < -0.39 is 0 Å². The summed E-state index contributed by atoms with van der Waals surface area (Å²) in [4.78, 5) is 23.7. The molecule has 2 aromatic heterocycles. The largest absolute Gasteiger partial charge is 0.373 e. The number of nitrogens with zero attached hydrogens (tertiary/aromatic N) is 4. The van der Waals surface area contributed by atoms with Gasteiger partial charge in [-0.3, -0.25) is 4.79 Å². The number of carbonyl (C=O) groups is 1. The second kappa shape index (κ2) is 5.98. The van der Waals surface area contributed by atoms with Crippen molar-refractivity contribution in [2.75, 3.05) is 18.9 Å². The first-order valence-corrected chi connectivity index (χ1v) is 7.78. The minimum Gasteiger partial charge on any atom is -0.373 e. The molecule has 1 atom stereocenters. The smallest absolute Gasteiger partial charge is 0.259 e. The van der Waals surface area contributed by atoms with Crippen LogP contribution >= 0.6 is 0 Å². The number of aromatic nitrogens is 3. The molecule has 1 aliphatic heterocycles. The Morgan fingerprint density at radius 3 is 2.78 bits per heavy atom. The summed E-state index contributed by atoms with van der Waals surface area (Å²) >= 11 is 0. The monoisotopic (exact) mass is 315 g/mol. The van der Waals surface area contributed by atoms with E-state index >= 15 is 0 Å². The predicted octanol–water partition coefficient (Wildman–Crippen LogP) is 2.41. The molecule has 3 heterocycles. The van der Waals surface area contributed by atoms with Crippen LogP contribution in [0, 0.1) is 20.8 Å². The van der Waals surface area contributed by atoms with Crippen molar-refractivity contribution in [1.82, 2.24) is 20.0 Å². The maximum Gasteiger partial charge on any atom is 0.259 e. The number of amides is 1. The molecule has 0 radical (unpaired) electrons. The zero-order chi connectivity index (χ0) is 16.6. The summed E-state index contributed by atoms with van der Waals surface area (Å²) in [6.07, 6.45) is 1.85. The van der Waals surface area contributed by atoms with Crippen molar-refractivity contribution >= 4 is 11.7 Å². The minimum atomic E-state index is -0.0370. The quantitative estimate of drug-likeness (QED) is 0.936. The van der Waals surface area contributed by atoms with Crippen molar-refractivity contribution in [3.8, 4) is 0 Å². The number of anilines is 1. The van der Waals surface area contributed by atoms with Gasteiger partial charge in [0.1, 0.15) is 23.0 Å². The molecule has 0 saturated carbocycles. The van der Waals surface area contributed by atoms with E-state index in [1.165, 1.54) is 0 Å². The Bertz CT molecular complexity index is 721. The molecule has 23 heavy (non-hydrogen) atoms. The first-order valence-electron chi connectivity index (χ1n) is 7.78. The molecule has 7 nitrogen and oxygen atoms in total. The Labute approximate surface area is 135 Å². The summed E-state index contributed by atoms with van der Waals surface area (Å²) in [7, 11) is 1.83. The average Bonchev–Trinajstić information content (AvgIpc) is 3.13. The second-order valence-corrected chi connectivity index (χ2v) is 5.83. The fourth-order valence-corrected chi connectivity index (χ4v) is 3.14. The number of hydrogen-bond acceptors (Lipinski definition) is 6. The summed E-state index contributed by atoms with van der Waals surface area (Å²) in [6.45, 7) is 6.14. The van der Waals surface area contributed by atoms with E-state index in [0.29, 0.717) is 29.4 Å². The highest BCUT2D eigenvalue weighted by atomic mass is 16.5. The van der Waals surface area contributed by atoms with Crippen LogP contribution in [-0.4, -0.2) is 39.5 Å². The van der Waals surface area contributed by atoms with Crippen LogP contribution in [0.1, 0.15) is 52.2 Å². The molecule has 7 heteroatoms. The molecule has 0 aromatic carbocycles. The summed E-state index contributed by atoms with van der Waals surface area (Å²) in [5, 5.41) is 6.93. The fraction of sp³-hybridized carbons (Fsp3) is 0.500. The Hall–Kier alpha value is -2.44. The van der Waals surface area contributed by atoms with E-state index in [0.717, 1.165) is 24.4 Å². The standard InChI is InChI=1S/C16H21N5O2/c1-9-15(10(2)23-20-9)16(22)21-7-5-6-13(21)12-8-14(17-4)19-11(3)18-12/h8,13H,5-7H2,1-4H3,(H,17,18,19). The molecule has 1 N–H and O–H groups in total. The van der Waals surface area contributed by atoms with Gasteiger partial charge in [0, 0.05) is 19.7 Å². The Morgan fingerprint density at radius 2 is 2.13 bits per heavy atom. The van der Waals surface area contributed by atoms with Crippen LogP contribution in [0.15, 0.2) is 10.6 Å². The molecule has 1 unspecified atom stereocenters.